The molecule has 1 aromatic carbocycles. The zero-order valence-electron chi connectivity index (χ0n) is 13.5. The molecule has 0 radical (unpaired) electrons. The van der Waals surface area contributed by atoms with Crippen LogP contribution in [0.5, 0.6) is 0 Å². The van der Waals surface area contributed by atoms with Crippen molar-refractivity contribution in [2.45, 2.75) is 13.3 Å². The molecule has 6 nitrogen and oxygen atoms in total. The van der Waals surface area contributed by atoms with Gasteiger partial charge in [0.1, 0.15) is 0 Å². The maximum atomic E-state index is 12.5. The lowest BCUT2D eigenvalue weighted by Crippen LogP contribution is -2.35. The number of thiophene rings is 1. The van der Waals surface area contributed by atoms with Crippen LogP contribution in [0, 0.1) is 17.0 Å². The molecule has 1 amide bonds. The van der Waals surface area contributed by atoms with Gasteiger partial charge < -0.3 is 9.80 Å². The molecule has 0 N–H and O–H groups in total. The molecule has 24 heavy (non-hydrogen) atoms. The van der Waals surface area contributed by atoms with Crippen LogP contribution < -0.4 is 4.90 Å². The predicted molar refractivity (Wildman–Crippen MR) is 94.9 cm³/mol. The summed E-state index contributed by atoms with van der Waals surface area (Å²) in [6, 6.07) is 7.06. The van der Waals surface area contributed by atoms with E-state index in [4.69, 9.17) is 0 Å². The van der Waals surface area contributed by atoms with E-state index in [1.54, 1.807) is 19.1 Å². The van der Waals surface area contributed by atoms with Gasteiger partial charge in [0.05, 0.1) is 10.5 Å². The number of carbonyl (C=O) groups is 1. The summed E-state index contributed by atoms with van der Waals surface area (Å²) in [4.78, 5) is 27.1. The van der Waals surface area contributed by atoms with Crippen molar-refractivity contribution in [1.82, 2.24) is 4.90 Å². The summed E-state index contributed by atoms with van der Waals surface area (Å²) in [5.74, 6) is 0.0815. The Bertz CT molecular complexity index is 746. The number of carbonyl (C=O) groups excluding carboxylic acids is 1. The second-order valence-corrected chi connectivity index (χ2v) is 6.65. The highest BCUT2D eigenvalue weighted by molar-refractivity contribution is 7.08. The summed E-state index contributed by atoms with van der Waals surface area (Å²) in [6.45, 7) is 4.71. The van der Waals surface area contributed by atoms with E-state index in [-0.39, 0.29) is 16.5 Å². The van der Waals surface area contributed by atoms with Crippen molar-refractivity contribution in [2.24, 2.45) is 0 Å². The van der Waals surface area contributed by atoms with Crippen LogP contribution in [0.1, 0.15) is 22.3 Å². The van der Waals surface area contributed by atoms with Crippen LogP contribution in [-0.2, 0) is 0 Å². The molecule has 2 heterocycles. The molecule has 0 saturated carbocycles. The molecule has 7 heteroatoms. The van der Waals surface area contributed by atoms with Crippen LogP contribution in [0.3, 0.4) is 0 Å². The Morgan fingerprint density at radius 1 is 1.21 bits per heavy atom. The second kappa shape index (κ2) is 7.00. The molecule has 0 bridgehead atoms. The van der Waals surface area contributed by atoms with Crippen LogP contribution in [0.25, 0.3) is 0 Å². The molecule has 1 saturated heterocycles. The minimum atomic E-state index is -0.358. The molecule has 126 valence electrons. The highest BCUT2D eigenvalue weighted by atomic mass is 32.1. The maximum absolute atomic E-state index is 12.5. The van der Waals surface area contributed by atoms with E-state index in [0.717, 1.165) is 37.3 Å². The summed E-state index contributed by atoms with van der Waals surface area (Å²) in [5.41, 5.74) is 2.53. The van der Waals surface area contributed by atoms with Crippen molar-refractivity contribution < 1.29 is 9.72 Å². The minimum absolute atomic E-state index is 0.0815. The van der Waals surface area contributed by atoms with Crippen LogP contribution in [-0.4, -0.2) is 41.9 Å². The highest BCUT2D eigenvalue weighted by Gasteiger charge is 2.21. The van der Waals surface area contributed by atoms with Gasteiger partial charge in [0, 0.05) is 48.9 Å². The molecule has 1 aliphatic rings. The quantitative estimate of drug-likeness (QED) is 0.632. The highest BCUT2D eigenvalue weighted by Crippen LogP contribution is 2.25. The third kappa shape index (κ3) is 3.41. The third-order valence-electron chi connectivity index (χ3n) is 4.29. The fourth-order valence-corrected chi connectivity index (χ4v) is 3.62. The number of anilines is 1. The minimum Gasteiger partial charge on any atom is -0.370 e. The first-order valence-corrected chi connectivity index (χ1v) is 8.82. The lowest BCUT2D eigenvalue weighted by Gasteiger charge is -2.24. The Balaban J connectivity index is 1.70. The first-order valence-electron chi connectivity index (χ1n) is 7.88. The Kier molecular flexibility index (Phi) is 4.80. The first-order chi connectivity index (χ1) is 11.6. The van der Waals surface area contributed by atoms with E-state index in [1.807, 2.05) is 27.8 Å². The van der Waals surface area contributed by atoms with Gasteiger partial charge in [-0.3, -0.25) is 14.9 Å². The summed E-state index contributed by atoms with van der Waals surface area (Å²) in [7, 11) is 0. The van der Waals surface area contributed by atoms with E-state index in [0.29, 0.717) is 12.1 Å². The van der Waals surface area contributed by atoms with Gasteiger partial charge in [-0.2, -0.15) is 11.3 Å². The number of amides is 1. The molecular weight excluding hydrogens is 326 g/mol. The van der Waals surface area contributed by atoms with E-state index in [2.05, 4.69) is 4.90 Å². The van der Waals surface area contributed by atoms with E-state index in [1.165, 1.54) is 11.3 Å². The normalized spacial score (nSPS) is 15.2. The molecule has 0 atom stereocenters. The van der Waals surface area contributed by atoms with Crippen LogP contribution in [0.2, 0.25) is 0 Å². The Hall–Kier alpha value is -2.41. The average molecular weight is 345 g/mol. The molecule has 0 spiro atoms. The molecule has 1 aromatic heterocycles. The van der Waals surface area contributed by atoms with Gasteiger partial charge in [-0.1, -0.05) is 0 Å². The van der Waals surface area contributed by atoms with E-state index < -0.39 is 0 Å². The van der Waals surface area contributed by atoms with Gasteiger partial charge in [-0.15, -0.1) is 0 Å². The van der Waals surface area contributed by atoms with Gasteiger partial charge in [0.25, 0.3) is 11.6 Å². The predicted octanol–water partition coefficient (Wildman–Crippen LogP) is 3.32. The molecule has 2 aromatic rings. The number of nitrogens with zero attached hydrogens (tertiary/aromatic N) is 3. The number of hydrogen-bond acceptors (Lipinski definition) is 5. The van der Waals surface area contributed by atoms with Gasteiger partial charge in [0.2, 0.25) is 0 Å². The second-order valence-electron chi connectivity index (χ2n) is 5.87. The van der Waals surface area contributed by atoms with Crippen LogP contribution in [0.4, 0.5) is 11.4 Å². The van der Waals surface area contributed by atoms with E-state index >= 15 is 0 Å². The molecule has 0 unspecified atom stereocenters. The largest absolute Gasteiger partial charge is 0.370 e. The average Bonchev–Trinajstić information content (AvgIpc) is 2.98. The van der Waals surface area contributed by atoms with Crippen molar-refractivity contribution >= 4 is 28.6 Å². The lowest BCUT2D eigenvalue weighted by atomic mass is 10.1. The molecule has 3 rings (SSSR count). The smallest absolute Gasteiger partial charge is 0.272 e. The zero-order chi connectivity index (χ0) is 17.1. The summed E-state index contributed by atoms with van der Waals surface area (Å²) >= 11 is 1.53. The van der Waals surface area contributed by atoms with Crippen molar-refractivity contribution in [1.29, 1.82) is 0 Å². The fourth-order valence-electron chi connectivity index (χ4n) is 2.99. The third-order valence-corrected chi connectivity index (χ3v) is 4.98. The number of nitro groups is 1. The summed E-state index contributed by atoms with van der Waals surface area (Å²) in [6.07, 6.45) is 0.881. The van der Waals surface area contributed by atoms with Gasteiger partial charge in [-0.05, 0) is 36.9 Å². The fraction of sp³-hybridized carbons (Fsp3) is 0.353. The molecule has 0 aliphatic carbocycles. The van der Waals surface area contributed by atoms with Gasteiger partial charge >= 0.3 is 0 Å². The monoisotopic (exact) mass is 345 g/mol. The number of rotatable bonds is 3. The van der Waals surface area contributed by atoms with Crippen molar-refractivity contribution in [3.05, 3.63) is 56.3 Å². The zero-order valence-corrected chi connectivity index (χ0v) is 14.3. The standard InChI is InChI=1S/C17H19N3O3S/c1-13-11-15(3-4-16(13)20(22)23)18-6-2-7-19(9-8-18)17(21)14-5-10-24-12-14/h3-5,10-12H,2,6-9H2,1H3. The number of hydrogen-bond donors (Lipinski definition) is 0. The lowest BCUT2D eigenvalue weighted by molar-refractivity contribution is -0.385. The molecule has 1 aliphatic heterocycles. The number of nitro benzene ring substituents is 1. The van der Waals surface area contributed by atoms with Crippen LogP contribution in [0.15, 0.2) is 35.0 Å². The SMILES string of the molecule is Cc1cc(N2CCCN(C(=O)c3ccsc3)CC2)ccc1[N+](=O)[O-]. The first kappa shape index (κ1) is 16.4. The van der Waals surface area contributed by atoms with Gasteiger partial charge in [0.15, 0.2) is 0 Å². The van der Waals surface area contributed by atoms with Crippen molar-refractivity contribution in [3.8, 4) is 0 Å². The Labute approximate surface area is 144 Å². The summed E-state index contributed by atoms with van der Waals surface area (Å²) in [5, 5.41) is 14.7. The van der Waals surface area contributed by atoms with Crippen molar-refractivity contribution in [3.63, 3.8) is 0 Å². The van der Waals surface area contributed by atoms with Crippen LogP contribution >= 0.6 is 11.3 Å². The molecule has 1 fully saturated rings. The van der Waals surface area contributed by atoms with Crippen molar-refractivity contribution in [2.75, 3.05) is 31.1 Å². The maximum Gasteiger partial charge on any atom is 0.272 e. The topological polar surface area (TPSA) is 66.7 Å². The number of benzene rings is 1. The molecular formula is C17H19N3O3S. The van der Waals surface area contributed by atoms with E-state index in [9.17, 15) is 14.9 Å². The summed E-state index contributed by atoms with van der Waals surface area (Å²) < 4.78 is 0. The number of aryl methyl sites for hydroxylation is 1. The Morgan fingerprint density at radius 3 is 2.71 bits per heavy atom. The Morgan fingerprint density at radius 2 is 2.04 bits per heavy atom. The van der Waals surface area contributed by atoms with Gasteiger partial charge in [-0.25, -0.2) is 0 Å².